The van der Waals surface area contributed by atoms with Gasteiger partial charge in [0.05, 0.1) is 22.2 Å². The van der Waals surface area contributed by atoms with E-state index in [0.717, 1.165) is 5.56 Å². The van der Waals surface area contributed by atoms with Gasteiger partial charge in [-0.1, -0.05) is 60.7 Å². The van der Waals surface area contributed by atoms with Crippen LogP contribution in [0, 0.1) is 5.82 Å². The summed E-state index contributed by atoms with van der Waals surface area (Å²) in [4.78, 5) is 47.8. The highest BCUT2D eigenvalue weighted by molar-refractivity contribution is 6.18. The first-order chi connectivity index (χ1) is 18.5. The van der Waals surface area contributed by atoms with E-state index in [9.17, 15) is 18.8 Å². The molecule has 2 amide bonds. The second kappa shape index (κ2) is 9.40. The third-order valence-electron chi connectivity index (χ3n) is 6.54. The monoisotopic (exact) mass is 504 g/mol. The number of rotatable bonds is 4. The van der Waals surface area contributed by atoms with E-state index in [4.69, 9.17) is 0 Å². The lowest BCUT2D eigenvalue weighted by Crippen LogP contribution is -2.47. The van der Waals surface area contributed by atoms with Gasteiger partial charge in [0.2, 0.25) is 0 Å². The molecule has 1 atom stereocenters. The Kier molecular flexibility index (Phi) is 5.76. The molecule has 7 nitrogen and oxygen atoms in total. The molecule has 0 saturated heterocycles. The Bertz CT molecular complexity index is 1710. The summed E-state index contributed by atoms with van der Waals surface area (Å²) in [5.74, 6) is -2.15. The van der Waals surface area contributed by atoms with E-state index >= 15 is 0 Å². The van der Waals surface area contributed by atoms with Gasteiger partial charge in [-0.15, -0.1) is 0 Å². The molecular formula is C30H21FN4O3. The van der Waals surface area contributed by atoms with E-state index in [0.29, 0.717) is 11.0 Å². The highest BCUT2D eigenvalue weighted by Crippen LogP contribution is 2.35. The van der Waals surface area contributed by atoms with E-state index in [-0.39, 0.29) is 29.2 Å². The molecule has 0 fully saturated rings. The van der Waals surface area contributed by atoms with Gasteiger partial charge in [0.15, 0.2) is 6.04 Å². The second-order valence-corrected chi connectivity index (χ2v) is 8.91. The van der Waals surface area contributed by atoms with Gasteiger partial charge in [-0.25, -0.2) is 9.37 Å². The zero-order chi connectivity index (χ0) is 26.2. The third kappa shape index (κ3) is 3.92. The fourth-order valence-corrected chi connectivity index (χ4v) is 4.79. The van der Waals surface area contributed by atoms with Crippen LogP contribution in [0.1, 0.15) is 38.1 Å². The molecule has 1 aromatic heterocycles. The van der Waals surface area contributed by atoms with Crippen LogP contribution in [-0.2, 0) is 11.3 Å². The Labute approximate surface area is 217 Å². The highest BCUT2D eigenvalue weighted by Gasteiger charge is 2.41. The summed E-state index contributed by atoms with van der Waals surface area (Å²) >= 11 is 0. The number of nitrogens with one attached hydrogen (secondary N) is 1. The molecule has 6 rings (SSSR count). The molecule has 186 valence electrons. The number of fused-ring (bicyclic) bond motifs is 4. The fraction of sp³-hybridized carbons (Fsp3) is 0.0667. The summed E-state index contributed by atoms with van der Waals surface area (Å²) in [6.07, 6.45) is 0. The maximum atomic E-state index is 14.4. The number of amides is 2. The maximum absolute atomic E-state index is 14.4. The first-order valence-electron chi connectivity index (χ1n) is 12.0. The molecule has 4 aromatic carbocycles. The summed E-state index contributed by atoms with van der Waals surface area (Å²) in [7, 11) is 0. The summed E-state index contributed by atoms with van der Waals surface area (Å²) in [5, 5.41) is 2.88. The number of aromatic nitrogens is 2. The number of anilines is 1. The average Bonchev–Trinajstić information content (AvgIpc) is 3.32. The van der Waals surface area contributed by atoms with Crippen molar-refractivity contribution in [3.63, 3.8) is 0 Å². The molecule has 8 heteroatoms. The third-order valence-corrected chi connectivity index (χ3v) is 6.54. The first kappa shape index (κ1) is 23.3. The van der Waals surface area contributed by atoms with Crippen LogP contribution in [0.15, 0.2) is 103 Å². The SMILES string of the molecule is O=C(NCc1ccccc1)C1c2nc3ccccc3n2C(=O)c2ccccc2C(=O)N1c1cccc(F)c1. The lowest BCUT2D eigenvalue weighted by Gasteiger charge is -2.33. The summed E-state index contributed by atoms with van der Waals surface area (Å²) in [6.45, 7) is 0.187. The van der Waals surface area contributed by atoms with E-state index < -0.39 is 29.6 Å². The van der Waals surface area contributed by atoms with Crippen molar-refractivity contribution < 1.29 is 18.8 Å². The average molecular weight is 505 g/mol. The highest BCUT2D eigenvalue weighted by atomic mass is 19.1. The minimum Gasteiger partial charge on any atom is -0.350 e. The Hall–Kier alpha value is -5.11. The van der Waals surface area contributed by atoms with E-state index in [1.54, 1.807) is 48.5 Å². The molecular weight excluding hydrogens is 483 g/mol. The van der Waals surface area contributed by atoms with Gasteiger partial charge in [-0.05, 0) is 48.0 Å². The standard InChI is InChI=1S/C30H21FN4O3/c31-20-11-8-12-21(17-20)34-26(28(36)32-18-19-9-2-1-3-10-19)27-33-24-15-6-7-16-25(24)35(27)30(38)23-14-5-4-13-22(23)29(34)37/h1-17,26H,18H2,(H,32,36). The van der Waals surface area contributed by atoms with Crippen LogP contribution in [0.25, 0.3) is 11.0 Å². The number of carbonyl (C=O) groups is 3. The molecule has 1 N–H and O–H groups in total. The molecule has 0 spiro atoms. The first-order valence-corrected chi connectivity index (χ1v) is 12.0. The number of benzene rings is 4. The van der Waals surface area contributed by atoms with Gasteiger partial charge in [-0.3, -0.25) is 23.9 Å². The molecule has 0 aliphatic carbocycles. The predicted molar refractivity (Wildman–Crippen MR) is 140 cm³/mol. The molecule has 0 saturated carbocycles. The largest absolute Gasteiger partial charge is 0.350 e. The van der Waals surface area contributed by atoms with Gasteiger partial charge in [0, 0.05) is 12.2 Å². The Balaban J connectivity index is 1.60. The summed E-state index contributed by atoms with van der Waals surface area (Å²) in [6, 6.07) is 26.9. The minimum atomic E-state index is -1.36. The zero-order valence-electron chi connectivity index (χ0n) is 20.0. The van der Waals surface area contributed by atoms with Crippen molar-refractivity contribution in [1.82, 2.24) is 14.9 Å². The Morgan fingerprint density at radius 2 is 1.50 bits per heavy atom. The molecule has 1 aliphatic rings. The van der Waals surface area contributed by atoms with Crippen LogP contribution in [-0.4, -0.2) is 27.3 Å². The quantitative estimate of drug-likeness (QED) is 0.378. The second-order valence-electron chi connectivity index (χ2n) is 8.91. The van der Waals surface area contributed by atoms with E-state index in [1.165, 1.54) is 33.7 Å². The number of nitrogens with zero attached hydrogens (tertiary/aromatic N) is 3. The van der Waals surface area contributed by atoms with Crippen molar-refractivity contribution in [2.45, 2.75) is 12.6 Å². The van der Waals surface area contributed by atoms with Crippen molar-refractivity contribution >= 4 is 34.4 Å². The molecule has 0 radical (unpaired) electrons. The molecule has 1 aliphatic heterocycles. The number of imidazole rings is 1. The van der Waals surface area contributed by atoms with Gasteiger partial charge >= 0.3 is 0 Å². The van der Waals surface area contributed by atoms with Crippen molar-refractivity contribution in [3.8, 4) is 0 Å². The van der Waals surface area contributed by atoms with Crippen LogP contribution in [0.3, 0.4) is 0 Å². The van der Waals surface area contributed by atoms with Gasteiger partial charge < -0.3 is 5.32 Å². The number of halogens is 1. The minimum absolute atomic E-state index is 0.0638. The predicted octanol–water partition coefficient (Wildman–Crippen LogP) is 4.88. The number of para-hydroxylation sites is 2. The molecule has 5 aromatic rings. The van der Waals surface area contributed by atoms with Gasteiger partial charge in [-0.2, -0.15) is 0 Å². The number of carbonyl (C=O) groups excluding carboxylic acids is 3. The topological polar surface area (TPSA) is 84.3 Å². The maximum Gasteiger partial charge on any atom is 0.264 e. The van der Waals surface area contributed by atoms with Crippen LogP contribution in [0.2, 0.25) is 0 Å². The van der Waals surface area contributed by atoms with E-state index in [1.807, 2.05) is 30.3 Å². The normalized spacial score (nSPS) is 15.0. The van der Waals surface area contributed by atoms with Crippen LogP contribution >= 0.6 is 0 Å². The van der Waals surface area contributed by atoms with Gasteiger partial charge in [0.25, 0.3) is 17.7 Å². The summed E-state index contributed by atoms with van der Waals surface area (Å²) in [5.41, 5.74) is 2.26. The molecule has 0 bridgehead atoms. The zero-order valence-corrected chi connectivity index (χ0v) is 20.0. The lowest BCUT2D eigenvalue weighted by molar-refractivity contribution is -0.122. The van der Waals surface area contributed by atoms with Crippen LogP contribution < -0.4 is 10.2 Å². The Morgan fingerprint density at radius 3 is 2.26 bits per heavy atom. The summed E-state index contributed by atoms with van der Waals surface area (Å²) < 4.78 is 15.8. The number of hydrogen-bond acceptors (Lipinski definition) is 4. The smallest absolute Gasteiger partial charge is 0.264 e. The van der Waals surface area contributed by atoms with Gasteiger partial charge in [0.1, 0.15) is 11.6 Å². The lowest BCUT2D eigenvalue weighted by atomic mass is 10.0. The van der Waals surface area contributed by atoms with Crippen molar-refractivity contribution in [3.05, 3.63) is 131 Å². The molecule has 2 heterocycles. The van der Waals surface area contributed by atoms with Crippen LogP contribution in [0.4, 0.5) is 10.1 Å². The fourth-order valence-electron chi connectivity index (χ4n) is 4.79. The molecule has 1 unspecified atom stereocenters. The van der Waals surface area contributed by atoms with Crippen molar-refractivity contribution in [2.75, 3.05) is 4.90 Å². The molecule has 38 heavy (non-hydrogen) atoms. The van der Waals surface area contributed by atoms with Crippen molar-refractivity contribution in [2.24, 2.45) is 0 Å². The van der Waals surface area contributed by atoms with Crippen molar-refractivity contribution in [1.29, 1.82) is 0 Å². The Morgan fingerprint density at radius 1 is 0.816 bits per heavy atom. The van der Waals surface area contributed by atoms with Crippen LogP contribution in [0.5, 0.6) is 0 Å². The number of hydrogen-bond donors (Lipinski definition) is 1. The van der Waals surface area contributed by atoms with E-state index in [2.05, 4.69) is 10.3 Å².